The number of hydrogen-bond acceptors (Lipinski definition) is 7. The topological polar surface area (TPSA) is 91.0 Å². The van der Waals surface area contributed by atoms with Gasteiger partial charge in [-0.05, 0) is 18.6 Å². The summed E-state index contributed by atoms with van der Waals surface area (Å²) < 4.78 is 10.5. The quantitative estimate of drug-likeness (QED) is 0.778. The lowest BCUT2D eigenvalue weighted by molar-refractivity contribution is 0.383. The molecule has 18 heavy (non-hydrogen) atoms. The first-order valence-electron chi connectivity index (χ1n) is 5.29. The summed E-state index contributed by atoms with van der Waals surface area (Å²) in [6.07, 6.45) is 2.07. The largest absolute Gasteiger partial charge is 0.461 e. The second kappa shape index (κ2) is 4.26. The highest BCUT2D eigenvalue weighted by Crippen LogP contribution is 2.22. The van der Waals surface area contributed by atoms with Gasteiger partial charge in [0.2, 0.25) is 11.7 Å². The predicted molar refractivity (Wildman–Crippen MR) is 66.1 cm³/mol. The van der Waals surface area contributed by atoms with E-state index >= 15 is 0 Å². The second-order valence-corrected chi connectivity index (χ2v) is 4.69. The Bertz CT molecular complexity index is 670. The normalized spacial score (nSPS) is 10.9. The number of anilines is 1. The van der Waals surface area contributed by atoms with Gasteiger partial charge in [0.05, 0.1) is 18.4 Å². The van der Waals surface area contributed by atoms with Gasteiger partial charge in [0.15, 0.2) is 10.9 Å². The SMILES string of the molecule is Cc1ccoc1-c1noc(Cc2csc(N)n2)n1. The molecular formula is C11H10N4O2S. The molecule has 0 atom stereocenters. The fourth-order valence-corrected chi connectivity index (χ4v) is 2.14. The fourth-order valence-electron chi connectivity index (χ4n) is 1.58. The zero-order valence-corrected chi connectivity index (χ0v) is 10.4. The summed E-state index contributed by atoms with van der Waals surface area (Å²) >= 11 is 1.39. The first-order chi connectivity index (χ1) is 8.72. The van der Waals surface area contributed by atoms with Gasteiger partial charge in [0, 0.05) is 5.38 Å². The van der Waals surface area contributed by atoms with E-state index in [1.54, 1.807) is 6.26 Å². The molecule has 0 bridgehead atoms. The lowest BCUT2D eigenvalue weighted by Crippen LogP contribution is -1.90. The Morgan fingerprint density at radius 3 is 2.94 bits per heavy atom. The van der Waals surface area contributed by atoms with Gasteiger partial charge < -0.3 is 14.7 Å². The second-order valence-electron chi connectivity index (χ2n) is 3.80. The monoisotopic (exact) mass is 262 g/mol. The molecule has 2 N–H and O–H groups in total. The summed E-state index contributed by atoms with van der Waals surface area (Å²) in [6.45, 7) is 1.93. The van der Waals surface area contributed by atoms with Crippen LogP contribution in [0.4, 0.5) is 5.13 Å². The molecule has 3 aromatic rings. The van der Waals surface area contributed by atoms with E-state index in [0.29, 0.717) is 29.0 Å². The average Bonchev–Trinajstić information content (AvgIpc) is 3.02. The first-order valence-corrected chi connectivity index (χ1v) is 6.17. The summed E-state index contributed by atoms with van der Waals surface area (Å²) in [5.74, 6) is 1.57. The maximum Gasteiger partial charge on any atom is 0.238 e. The van der Waals surface area contributed by atoms with Gasteiger partial charge in [0.25, 0.3) is 0 Å². The number of nitrogens with two attached hydrogens (primary N) is 1. The maximum atomic E-state index is 5.56. The van der Waals surface area contributed by atoms with Gasteiger partial charge in [-0.1, -0.05) is 5.16 Å². The molecule has 0 aromatic carbocycles. The van der Waals surface area contributed by atoms with Crippen molar-refractivity contribution in [2.75, 3.05) is 5.73 Å². The molecular weight excluding hydrogens is 252 g/mol. The molecule has 3 rings (SSSR count). The molecule has 0 aliphatic carbocycles. The minimum absolute atomic E-state index is 0.454. The van der Waals surface area contributed by atoms with Crippen molar-refractivity contribution >= 4 is 16.5 Å². The number of aromatic nitrogens is 3. The maximum absolute atomic E-state index is 5.56. The first kappa shape index (κ1) is 11.0. The van der Waals surface area contributed by atoms with Gasteiger partial charge >= 0.3 is 0 Å². The molecule has 0 radical (unpaired) electrons. The summed E-state index contributed by atoms with van der Waals surface area (Å²) in [6, 6.07) is 1.85. The Morgan fingerprint density at radius 1 is 1.39 bits per heavy atom. The smallest absolute Gasteiger partial charge is 0.238 e. The molecule has 6 nitrogen and oxygen atoms in total. The van der Waals surface area contributed by atoms with Gasteiger partial charge in [-0.3, -0.25) is 0 Å². The van der Waals surface area contributed by atoms with Crippen molar-refractivity contribution in [3.8, 4) is 11.6 Å². The van der Waals surface area contributed by atoms with Crippen LogP contribution in [0.25, 0.3) is 11.6 Å². The highest BCUT2D eigenvalue weighted by Gasteiger charge is 2.14. The van der Waals surface area contributed by atoms with Crippen molar-refractivity contribution in [2.45, 2.75) is 13.3 Å². The van der Waals surface area contributed by atoms with Crippen LogP contribution >= 0.6 is 11.3 Å². The third-order valence-corrected chi connectivity index (χ3v) is 3.16. The Labute approximate surface area is 106 Å². The van der Waals surface area contributed by atoms with E-state index in [2.05, 4.69) is 15.1 Å². The molecule has 7 heteroatoms. The van der Waals surface area contributed by atoms with Crippen LogP contribution in [0.2, 0.25) is 0 Å². The van der Waals surface area contributed by atoms with Crippen molar-refractivity contribution in [3.63, 3.8) is 0 Å². The van der Waals surface area contributed by atoms with Crippen LogP contribution < -0.4 is 5.73 Å². The Balaban J connectivity index is 1.84. The van der Waals surface area contributed by atoms with Gasteiger partial charge in [-0.15, -0.1) is 11.3 Å². The summed E-state index contributed by atoms with van der Waals surface area (Å²) in [5, 5.41) is 6.29. The third-order valence-electron chi connectivity index (χ3n) is 2.44. The minimum atomic E-state index is 0.454. The fraction of sp³-hybridized carbons (Fsp3) is 0.182. The van der Waals surface area contributed by atoms with Crippen LogP contribution in [0, 0.1) is 6.92 Å². The lowest BCUT2D eigenvalue weighted by Gasteiger charge is -1.88. The minimum Gasteiger partial charge on any atom is -0.461 e. The number of aryl methyl sites for hydroxylation is 1. The number of furan rings is 1. The molecule has 3 aromatic heterocycles. The lowest BCUT2D eigenvalue weighted by atomic mass is 10.3. The number of hydrogen-bond donors (Lipinski definition) is 1. The van der Waals surface area contributed by atoms with Crippen LogP contribution in [-0.2, 0) is 6.42 Å². The Hall–Kier alpha value is -2.15. The van der Waals surface area contributed by atoms with E-state index in [1.807, 2.05) is 18.4 Å². The number of nitrogen functional groups attached to an aromatic ring is 1. The molecule has 3 heterocycles. The third kappa shape index (κ3) is 2.00. The van der Waals surface area contributed by atoms with E-state index in [4.69, 9.17) is 14.7 Å². The predicted octanol–water partition coefficient (Wildman–Crippen LogP) is 2.27. The highest BCUT2D eigenvalue weighted by molar-refractivity contribution is 7.13. The molecule has 0 saturated carbocycles. The average molecular weight is 262 g/mol. The van der Waals surface area contributed by atoms with Crippen LogP contribution in [0.3, 0.4) is 0 Å². The van der Waals surface area contributed by atoms with E-state index in [1.165, 1.54) is 11.3 Å². The molecule has 0 aliphatic rings. The molecule has 0 fully saturated rings. The number of thiazole rings is 1. The van der Waals surface area contributed by atoms with Gasteiger partial charge in [0.1, 0.15) is 0 Å². The van der Waals surface area contributed by atoms with Crippen LogP contribution in [0.5, 0.6) is 0 Å². The molecule has 0 amide bonds. The molecule has 0 saturated heterocycles. The standard InChI is InChI=1S/C11H10N4O2S/c1-6-2-3-16-9(6)10-14-8(17-15-10)4-7-5-18-11(12)13-7/h2-3,5H,4H2,1H3,(H2,12,13). The summed E-state index contributed by atoms with van der Waals surface area (Å²) in [5.41, 5.74) is 7.36. The number of rotatable bonds is 3. The summed E-state index contributed by atoms with van der Waals surface area (Å²) in [7, 11) is 0. The van der Waals surface area contributed by atoms with Crippen LogP contribution in [-0.4, -0.2) is 15.1 Å². The Morgan fingerprint density at radius 2 is 2.28 bits per heavy atom. The zero-order valence-electron chi connectivity index (χ0n) is 9.58. The van der Waals surface area contributed by atoms with Crippen molar-refractivity contribution in [1.29, 1.82) is 0 Å². The van der Waals surface area contributed by atoms with Crippen LogP contribution in [0.15, 0.2) is 26.6 Å². The van der Waals surface area contributed by atoms with E-state index in [9.17, 15) is 0 Å². The zero-order chi connectivity index (χ0) is 12.5. The van der Waals surface area contributed by atoms with Gasteiger partial charge in [-0.2, -0.15) is 4.98 Å². The van der Waals surface area contributed by atoms with Crippen LogP contribution in [0.1, 0.15) is 17.1 Å². The van der Waals surface area contributed by atoms with E-state index in [-0.39, 0.29) is 0 Å². The van der Waals surface area contributed by atoms with E-state index < -0.39 is 0 Å². The van der Waals surface area contributed by atoms with Crippen molar-refractivity contribution in [3.05, 3.63) is 34.9 Å². The van der Waals surface area contributed by atoms with Crippen molar-refractivity contribution in [2.24, 2.45) is 0 Å². The van der Waals surface area contributed by atoms with Crippen molar-refractivity contribution in [1.82, 2.24) is 15.1 Å². The Kier molecular flexibility index (Phi) is 2.60. The molecule has 92 valence electrons. The molecule has 0 aliphatic heterocycles. The van der Waals surface area contributed by atoms with E-state index in [0.717, 1.165) is 11.3 Å². The summed E-state index contributed by atoms with van der Waals surface area (Å²) in [4.78, 5) is 8.41. The van der Waals surface area contributed by atoms with Crippen molar-refractivity contribution < 1.29 is 8.94 Å². The molecule has 0 unspecified atom stereocenters. The number of nitrogens with zero attached hydrogens (tertiary/aromatic N) is 3. The highest BCUT2D eigenvalue weighted by atomic mass is 32.1. The molecule has 0 spiro atoms. The van der Waals surface area contributed by atoms with Gasteiger partial charge in [-0.25, -0.2) is 4.98 Å².